The summed E-state index contributed by atoms with van der Waals surface area (Å²) in [4.78, 5) is 15.7. The Morgan fingerprint density at radius 3 is 2.53 bits per heavy atom. The second-order valence-corrected chi connectivity index (χ2v) is 5.30. The molecule has 0 unspecified atom stereocenters. The predicted octanol–water partition coefficient (Wildman–Crippen LogP) is 1.69. The Morgan fingerprint density at radius 2 is 1.84 bits per heavy atom. The van der Waals surface area contributed by atoms with Crippen molar-refractivity contribution in [3.05, 3.63) is 30.6 Å². The second-order valence-electron chi connectivity index (χ2n) is 5.30. The molecule has 1 fully saturated rings. The maximum absolute atomic E-state index is 4.78. The molecule has 0 amide bonds. The van der Waals surface area contributed by atoms with Crippen molar-refractivity contribution in [3.63, 3.8) is 0 Å². The third-order valence-electron chi connectivity index (χ3n) is 3.87. The number of likely N-dealkylation sites (tertiary alicyclic amines) is 1. The van der Waals surface area contributed by atoms with Crippen molar-refractivity contribution < 1.29 is 0 Å². The molecule has 0 bridgehead atoms. The van der Waals surface area contributed by atoms with Crippen molar-refractivity contribution in [3.8, 4) is 11.4 Å². The Morgan fingerprint density at radius 1 is 1.05 bits per heavy atom. The van der Waals surface area contributed by atoms with Gasteiger partial charge in [-0.25, -0.2) is 9.97 Å². The largest absolute Gasteiger partial charge is 0.332 e. The maximum atomic E-state index is 4.78. The van der Waals surface area contributed by atoms with Crippen LogP contribution in [0.5, 0.6) is 0 Å². The molecular formula is C14H19N5. The fourth-order valence-electron chi connectivity index (χ4n) is 2.61. The molecule has 2 aromatic rings. The standard InChI is InChI=1S/C14H19N5/c1-18-5-3-11(4-6-18)12-7-15-8-13(17-12)14-9-16-10-19(14)2/h7-11H,3-6H2,1-2H3. The van der Waals surface area contributed by atoms with Gasteiger partial charge < -0.3 is 9.47 Å². The van der Waals surface area contributed by atoms with Crippen molar-refractivity contribution >= 4 is 0 Å². The van der Waals surface area contributed by atoms with E-state index in [1.165, 1.54) is 12.8 Å². The van der Waals surface area contributed by atoms with Crippen LogP contribution in [0.1, 0.15) is 24.5 Å². The van der Waals surface area contributed by atoms with Crippen LogP contribution in [-0.2, 0) is 7.05 Å². The lowest BCUT2D eigenvalue weighted by atomic mass is 9.94. The van der Waals surface area contributed by atoms with E-state index in [9.17, 15) is 0 Å². The molecule has 1 aliphatic rings. The highest BCUT2D eigenvalue weighted by Crippen LogP contribution is 2.27. The summed E-state index contributed by atoms with van der Waals surface area (Å²) in [7, 11) is 4.15. The lowest BCUT2D eigenvalue weighted by Crippen LogP contribution is -2.29. The maximum Gasteiger partial charge on any atom is 0.107 e. The fraction of sp³-hybridized carbons (Fsp3) is 0.500. The molecule has 100 valence electrons. The Bertz CT molecular complexity index is 554. The first kappa shape index (κ1) is 12.3. The summed E-state index contributed by atoms with van der Waals surface area (Å²) in [6, 6.07) is 0. The molecule has 0 aliphatic carbocycles. The first-order valence-corrected chi connectivity index (χ1v) is 6.71. The van der Waals surface area contributed by atoms with E-state index >= 15 is 0 Å². The minimum atomic E-state index is 0.539. The number of aryl methyl sites for hydroxylation is 1. The Hall–Kier alpha value is -1.75. The molecule has 1 aliphatic heterocycles. The van der Waals surface area contributed by atoms with Gasteiger partial charge >= 0.3 is 0 Å². The summed E-state index contributed by atoms with van der Waals surface area (Å²) in [5.41, 5.74) is 3.05. The molecule has 19 heavy (non-hydrogen) atoms. The van der Waals surface area contributed by atoms with E-state index in [0.29, 0.717) is 5.92 Å². The van der Waals surface area contributed by atoms with E-state index in [4.69, 9.17) is 4.98 Å². The summed E-state index contributed by atoms with van der Waals surface area (Å²) in [6.07, 6.45) is 9.69. The van der Waals surface area contributed by atoms with Gasteiger partial charge in [-0.2, -0.15) is 0 Å². The number of hydrogen-bond acceptors (Lipinski definition) is 4. The summed E-state index contributed by atoms with van der Waals surface area (Å²) < 4.78 is 1.97. The summed E-state index contributed by atoms with van der Waals surface area (Å²) >= 11 is 0. The number of nitrogens with zero attached hydrogens (tertiary/aromatic N) is 5. The topological polar surface area (TPSA) is 46.8 Å². The molecule has 3 rings (SSSR count). The normalized spacial score (nSPS) is 17.8. The van der Waals surface area contributed by atoms with Crippen LogP contribution in [0.4, 0.5) is 0 Å². The SMILES string of the molecule is CN1CCC(c2cncc(-c3cncn3C)n2)CC1. The third kappa shape index (κ3) is 2.51. The third-order valence-corrected chi connectivity index (χ3v) is 3.87. The van der Waals surface area contributed by atoms with E-state index in [1.54, 1.807) is 6.33 Å². The monoisotopic (exact) mass is 257 g/mol. The van der Waals surface area contributed by atoms with Gasteiger partial charge in [0.25, 0.3) is 0 Å². The van der Waals surface area contributed by atoms with Crippen LogP contribution >= 0.6 is 0 Å². The smallest absolute Gasteiger partial charge is 0.107 e. The summed E-state index contributed by atoms with van der Waals surface area (Å²) in [5, 5.41) is 0. The number of aromatic nitrogens is 4. The predicted molar refractivity (Wildman–Crippen MR) is 73.7 cm³/mol. The highest BCUT2D eigenvalue weighted by atomic mass is 15.1. The van der Waals surface area contributed by atoms with Crippen LogP contribution in [0.3, 0.4) is 0 Å². The van der Waals surface area contributed by atoms with Gasteiger partial charge in [-0.1, -0.05) is 0 Å². The van der Waals surface area contributed by atoms with Gasteiger partial charge in [-0.3, -0.25) is 4.98 Å². The Kier molecular flexibility index (Phi) is 3.29. The lowest BCUT2D eigenvalue weighted by Gasteiger charge is -2.28. The molecule has 0 aromatic carbocycles. The molecule has 0 N–H and O–H groups in total. The van der Waals surface area contributed by atoms with Crippen LogP contribution in [-0.4, -0.2) is 44.6 Å². The van der Waals surface area contributed by atoms with Crippen molar-refractivity contribution in [1.82, 2.24) is 24.4 Å². The zero-order valence-corrected chi connectivity index (χ0v) is 11.5. The average Bonchev–Trinajstić information content (AvgIpc) is 2.86. The quantitative estimate of drug-likeness (QED) is 0.821. The van der Waals surface area contributed by atoms with Gasteiger partial charge in [0.05, 0.1) is 30.1 Å². The van der Waals surface area contributed by atoms with Crippen LogP contribution in [0.2, 0.25) is 0 Å². The van der Waals surface area contributed by atoms with Crippen molar-refractivity contribution in [2.75, 3.05) is 20.1 Å². The molecular weight excluding hydrogens is 238 g/mol. The molecule has 0 saturated carbocycles. The minimum absolute atomic E-state index is 0.539. The Labute approximate surface area is 113 Å². The number of rotatable bonds is 2. The zero-order valence-electron chi connectivity index (χ0n) is 11.5. The van der Waals surface area contributed by atoms with Crippen molar-refractivity contribution in [2.45, 2.75) is 18.8 Å². The lowest BCUT2D eigenvalue weighted by molar-refractivity contribution is 0.253. The van der Waals surface area contributed by atoms with Gasteiger partial charge in [0.1, 0.15) is 5.69 Å². The average molecular weight is 257 g/mol. The van der Waals surface area contributed by atoms with E-state index in [2.05, 4.69) is 21.9 Å². The number of imidazole rings is 1. The molecule has 2 aromatic heterocycles. The van der Waals surface area contributed by atoms with Crippen LogP contribution in [0.25, 0.3) is 11.4 Å². The minimum Gasteiger partial charge on any atom is -0.332 e. The van der Waals surface area contributed by atoms with Gasteiger partial charge in [0, 0.05) is 19.2 Å². The number of hydrogen-bond donors (Lipinski definition) is 0. The summed E-state index contributed by atoms with van der Waals surface area (Å²) in [6.45, 7) is 2.28. The van der Waals surface area contributed by atoms with Crippen LogP contribution < -0.4 is 0 Å². The first-order valence-electron chi connectivity index (χ1n) is 6.71. The second kappa shape index (κ2) is 5.09. The van der Waals surface area contributed by atoms with Crippen LogP contribution in [0.15, 0.2) is 24.9 Å². The fourth-order valence-corrected chi connectivity index (χ4v) is 2.61. The molecule has 3 heterocycles. The molecule has 0 spiro atoms. The number of piperidine rings is 1. The van der Waals surface area contributed by atoms with Gasteiger partial charge in [-0.05, 0) is 33.0 Å². The van der Waals surface area contributed by atoms with Crippen molar-refractivity contribution in [1.29, 1.82) is 0 Å². The molecule has 0 radical (unpaired) electrons. The first-order chi connectivity index (χ1) is 9.24. The Balaban J connectivity index is 1.86. The molecule has 5 heteroatoms. The summed E-state index contributed by atoms with van der Waals surface area (Å²) in [5.74, 6) is 0.539. The highest BCUT2D eigenvalue weighted by Gasteiger charge is 2.20. The van der Waals surface area contributed by atoms with E-state index < -0.39 is 0 Å². The van der Waals surface area contributed by atoms with E-state index in [0.717, 1.165) is 30.2 Å². The molecule has 1 saturated heterocycles. The molecule has 0 atom stereocenters. The van der Waals surface area contributed by atoms with Crippen molar-refractivity contribution in [2.24, 2.45) is 7.05 Å². The van der Waals surface area contributed by atoms with Gasteiger partial charge in [0.15, 0.2) is 0 Å². The van der Waals surface area contributed by atoms with E-state index in [-0.39, 0.29) is 0 Å². The van der Waals surface area contributed by atoms with E-state index in [1.807, 2.05) is 30.2 Å². The van der Waals surface area contributed by atoms with Crippen LogP contribution in [0, 0.1) is 0 Å². The molecule has 5 nitrogen and oxygen atoms in total. The van der Waals surface area contributed by atoms with Gasteiger partial charge in [-0.15, -0.1) is 0 Å². The van der Waals surface area contributed by atoms with Gasteiger partial charge in [0.2, 0.25) is 0 Å². The zero-order chi connectivity index (χ0) is 13.2. The highest BCUT2D eigenvalue weighted by molar-refractivity contribution is 5.52.